The van der Waals surface area contributed by atoms with E-state index in [9.17, 15) is 8.78 Å². The Labute approximate surface area is 161 Å². The molecule has 1 aromatic heterocycles. The van der Waals surface area contributed by atoms with Gasteiger partial charge in [0.1, 0.15) is 23.1 Å². The molecular weight excluding hydrogens is 366 g/mol. The number of aromatic nitrogens is 2. The summed E-state index contributed by atoms with van der Waals surface area (Å²) in [6.07, 6.45) is 2.22. The number of methoxy groups -OCH3 is 2. The molecule has 0 unspecified atom stereocenters. The number of benzene rings is 2. The van der Waals surface area contributed by atoms with Crippen molar-refractivity contribution in [3.05, 3.63) is 65.9 Å². The molecule has 1 heterocycles. The molecule has 2 aromatic carbocycles. The lowest BCUT2D eigenvalue weighted by Crippen LogP contribution is -2.08. The summed E-state index contributed by atoms with van der Waals surface area (Å²) < 4.78 is 38.0. The lowest BCUT2D eigenvalue weighted by Gasteiger charge is -2.11. The first-order valence-electron chi connectivity index (χ1n) is 8.59. The number of nitrogens with one attached hydrogen (secondary N) is 2. The molecule has 0 aliphatic rings. The third-order valence-electron chi connectivity index (χ3n) is 4.02. The first-order valence-corrected chi connectivity index (χ1v) is 8.59. The van der Waals surface area contributed by atoms with Crippen LogP contribution in [-0.4, -0.2) is 30.7 Å². The van der Waals surface area contributed by atoms with Gasteiger partial charge in [-0.05, 0) is 42.3 Å². The fourth-order valence-corrected chi connectivity index (χ4v) is 2.62. The predicted octanol–water partition coefficient (Wildman–Crippen LogP) is 4.17. The fraction of sp³-hybridized carbons (Fsp3) is 0.200. The van der Waals surface area contributed by atoms with Gasteiger partial charge in [0.25, 0.3) is 0 Å². The molecule has 0 saturated carbocycles. The molecule has 0 radical (unpaired) electrons. The van der Waals surface area contributed by atoms with Gasteiger partial charge in [-0.25, -0.2) is 13.8 Å². The van der Waals surface area contributed by atoms with E-state index in [0.29, 0.717) is 23.9 Å². The van der Waals surface area contributed by atoms with Crippen molar-refractivity contribution in [2.24, 2.45) is 0 Å². The molecule has 3 aromatic rings. The van der Waals surface area contributed by atoms with Gasteiger partial charge >= 0.3 is 0 Å². The van der Waals surface area contributed by atoms with Crippen LogP contribution in [0.1, 0.15) is 5.56 Å². The predicted molar refractivity (Wildman–Crippen MR) is 103 cm³/mol. The van der Waals surface area contributed by atoms with Gasteiger partial charge < -0.3 is 20.1 Å². The van der Waals surface area contributed by atoms with Crippen molar-refractivity contribution < 1.29 is 18.3 Å². The molecule has 0 aliphatic heterocycles. The molecule has 0 atom stereocenters. The second-order valence-corrected chi connectivity index (χ2v) is 5.85. The maximum absolute atomic E-state index is 13.8. The Balaban J connectivity index is 1.62. The molecular formula is C20H20F2N4O2. The highest BCUT2D eigenvalue weighted by atomic mass is 19.1. The largest absolute Gasteiger partial charge is 0.493 e. The first-order chi connectivity index (χ1) is 13.6. The van der Waals surface area contributed by atoms with Gasteiger partial charge in [0, 0.05) is 12.7 Å². The molecule has 28 heavy (non-hydrogen) atoms. The molecule has 146 valence electrons. The van der Waals surface area contributed by atoms with Crippen LogP contribution in [0.4, 0.5) is 26.2 Å². The van der Waals surface area contributed by atoms with Crippen LogP contribution >= 0.6 is 0 Å². The zero-order valence-electron chi connectivity index (χ0n) is 15.5. The molecule has 2 N–H and O–H groups in total. The number of ether oxygens (including phenoxy) is 2. The maximum atomic E-state index is 13.8. The van der Waals surface area contributed by atoms with Gasteiger partial charge in [-0.2, -0.15) is 4.98 Å². The Morgan fingerprint density at radius 1 is 0.964 bits per heavy atom. The highest BCUT2D eigenvalue weighted by molar-refractivity contribution is 5.56. The second-order valence-electron chi connectivity index (χ2n) is 5.85. The Kier molecular flexibility index (Phi) is 6.21. The van der Waals surface area contributed by atoms with Gasteiger partial charge in [-0.3, -0.25) is 0 Å². The van der Waals surface area contributed by atoms with Crippen LogP contribution in [0.15, 0.2) is 48.7 Å². The van der Waals surface area contributed by atoms with Gasteiger partial charge in [0.15, 0.2) is 11.5 Å². The molecule has 0 aliphatic carbocycles. The number of para-hydroxylation sites is 1. The van der Waals surface area contributed by atoms with E-state index < -0.39 is 11.6 Å². The van der Waals surface area contributed by atoms with E-state index in [4.69, 9.17) is 9.47 Å². The van der Waals surface area contributed by atoms with Crippen LogP contribution in [0.2, 0.25) is 0 Å². The van der Waals surface area contributed by atoms with Crippen LogP contribution in [-0.2, 0) is 6.42 Å². The molecule has 0 spiro atoms. The van der Waals surface area contributed by atoms with Crippen molar-refractivity contribution in [1.29, 1.82) is 0 Å². The minimum absolute atomic E-state index is 0.0973. The maximum Gasteiger partial charge on any atom is 0.229 e. The van der Waals surface area contributed by atoms with Crippen LogP contribution in [0.25, 0.3) is 0 Å². The molecule has 0 saturated heterocycles. The fourth-order valence-electron chi connectivity index (χ4n) is 2.62. The summed E-state index contributed by atoms with van der Waals surface area (Å²) in [6.45, 7) is 0.597. The van der Waals surface area contributed by atoms with E-state index in [-0.39, 0.29) is 11.6 Å². The van der Waals surface area contributed by atoms with Crippen molar-refractivity contribution in [1.82, 2.24) is 9.97 Å². The van der Waals surface area contributed by atoms with Crippen molar-refractivity contribution in [2.45, 2.75) is 6.42 Å². The van der Waals surface area contributed by atoms with E-state index in [1.165, 1.54) is 12.3 Å². The van der Waals surface area contributed by atoms with E-state index >= 15 is 0 Å². The Morgan fingerprint density at radius 3 is 2.43 bits per heavy atom. The van der Waals surface area contributed by atoms with Crippen LogP contribution in [0.5, 0.6) is 11.5 Å². The van der Waals surface area contributed by atoms with Gasteiger partial charge in [0.05, 0.1) is 14.2 Å². The summed E-state index contributed by atoms with van der Waals surface area (Å²) in [6, 6.07) is 11.0. The number of anilines is 3. The van der Waals surface area contributed by atoms with Gasteiger partial charge in [-0.15, -0.1) is 0 Å². The average Bonchev–Trinajstić information content (AvgIpc) is 2.71. The minimum Gasteiger partial charge on any atom is -0.493 e. The SMILES string of the molecule is COc1ccc(CCNc2ccnc(Nc3c(F)cccc3F)n2)cc1OC. The van der Waals surface area contributed by atoms with Crippen molar-refractivity contribution >= 4 is 17.5 Å². The second kappa shape index (κ2) is 8.98. The van der Waals surface area contributed by atoms with Crippen molar-refractivity contribution in [3.63, 3.8) is 0 Å². The number of halogens is 2. The van der Waals surface area contributed by atoms with Crippen LogP contribution in [0, 0.1) is 11.6 Å². The highest BCUT2D eigenvalue weighted by Gasteiger charge is 2.10. The summed E-state index contributed by atoms with van der Waals surface area (Å²) in [4.78, 5) is 8.23. The zero-order chi connectivity index (χ0) is 19.9. The minimum atomic E-state index is -0.713. The Hall–Kier alpha value is -3.42. The number of nitrogens with zero attached hydrogens (tertiary/aromatic N) is 2. The first kappa shape index (κ1) is 19.3. The standard InChI is InChI=1S/C20H20F2N4O2/c1-27-16-7-6-13(12-17(16)28-2)8-10-23-18-9-11-24-20(25-18)26-19-14(21)4-3-5-15(19)22/h3-7,9,11-12H,8,10H2,1-2H3,(H2,23,24,25,26). The summed E-state index contributed by atoms with van der Waals surface area (Å²) in [5, 5.41) is 5.74. The number of hydrogen-bond acceptors (Lipinski definition) is 6. The van der Waals surface area contributed by atoms with E-state index in [1.807, 2.05) is 18.2 Å². The van der Waals surface area contributed by atoms with Crippen LogP contribution in [0.3, 0.4) is 0 Å². The van der Waals surface area contributed by atoms with Crippen LogP contribution < -0.4 is 20.1 Å². The lowest BCUT2D eigenvalue weighted by atomic mass is 10.1. The van der Waals surface area contributed by atoms with E-state index in [1.54, 1.807) is 20.3 Å². The zero-order valence-corrected chi connectivity index (χ0v) is 15.5. The molecule has 0 amide bonds. The third kappa shape index (κ3) is 4.64. The third-order valence-corrected chi connectivity index (χ3v) is 4.02. The normalized spacial score (nSPS) is 10.4. The molecule has 6 nitrogen and oxygen atoms in total. The number of hydrogen-bond donors (Lipinski definition) is 2. The lowest BCUT2D eigenvalue weighted by molar-refractivity contribution is 0.354. The van der Waals surface area contributed by atoms with Gasteiger partial charge in [-0.1, -0.05) is 12.1 Å². The smallest absolute Gasteiger partial charge is 0.229 e. The average molecular weight is 386 g/mol. The molecule has 0 bridgehead atoms. The molecule has 3 rings (SSSR count). The molecule has 8 heteroatoms. The van der Waals surface area contributed by atoms with Crippen molar-refractivity contribution in [2.75, 3.05) is 31.4 Å². The number of rotatable bonds is 8. The summed E-state index contributed by atoms with van der Waals surface area (Å²) in [5.74, 6) is 0.548. The monoisotopic (exact) mass is 386 g/mol. The quantitative estimate of drug-likeness (QED) is 0.606. The topological polar surface area (TPSA) is 68.3 Å². The summed E-state index contributed by atoms with van der Waals surface area (Å²) in [7, 11) is 3.18. The molecule has 0 fully saturated rings. The van der Waals surface area contributed by atoms with E-state index in [0.717, 1.165) is 24.1 Å². The van der Waals surface area contributed by atoms with E-state index in [2.05, 4.69) is 20.6 Å². The Bertz CT molecular complexity index is 933. The Morgan fingerprint density at radius 2 is 1.71 bits per heavy atom. The van der Waals surface area contributed by atoms with Gasteiger partial charge in [0.2, 0.25) is 5.95 Å². The summed E-state index contributed by atoms with van der Waals surface area (Å²) >= 11 is 0. The highest BCUT2D eigenvalue weighted by Crippen LogP contribution is 2.27. The summed E-state index contributed by atoms with van der Waals surface area (Å²) in [5.41, 5.74) is 0.774. The van der Waals surface area contributed by atoms with Crippen molar-refractivity contribution in [3.8, 4) is 11.5 Å².